The highest BCUT2D eigenvalue weighted by Crippen LogP contribution is 2.16. The second-order valence-corrected chi connectivity index (χ2v) is 6.75. The average Bonchev–Trinajstić information content (AvgIpc) is 2.92. The predicted octanol–water partition coefficient (Wildman–Crippen LogP) is 4.02. The summed E-state index contributed by atoms with van der Waals surface area (Å²) in [5.41, 5.74) is 1.89. The molecule has 21 heavy (non-hydrogen) atoms. The van der Waals surface area contributed by atoms with Gasteiger partial charge >= 0.3 is 0 Å². The quantitative estimate of drug-likeness (QED) is 0.831. The van der Waals surface area contributed by atoms with Crippen molar-refractivity contribution in [2.24, 2.45) is 0 Å². The maximum atomic E-state index is 14.0. The van der Waals surface area contributed by atoms with Crippen LogP contribution in [0.3, 0.4) is 0 Å². The van der Waals surface area contributed by atoms with Crippen LogP contribution in [0.2, 0.25) is 0 Å². The van der Waals surface area contributed by atoms with Crippen LogP contribution in [0.15, 0.2) is 35.7 Å². The van der Waals surface area contributed by atoms with Crippen LogP contribution >= 0.6 is 11.3 Å². The largest absolute Gasteiger partial charge is 0.310 e. The molecule has 0 aliphatic rings. The van der Waals surface area contributed by atoms with E-state index in [1.54, 1.807) is 17.4 Å². The van der Waals surface area contributed by atoms with E-state index in [9.17, 15) is 4.39 Å². The lowest BCUT2D eigenvalue weighted by atomic mass is 10.1. The summed E-state index contributed by atoms with van der Waals surface area (Å²) < 4.78 is 14.0. The maximum Gasteiger partial charge on any atom is 0.127 e. The Labute approximate surface area is 130 Å². The predicted molar refractivity (Wildman–Crippen MR) is 87.9 cm³/mol. The number of thiophene rings is 1. The topological polar surface area (TPSA) is 15.3 Å². The van der Waals surface area contributed by atoms with Crippen LogP contribution in [-0.2, 0) is 19.6 Å². The molecule has 114 valence electrons. The van der Waals surface area contributed by atoms with E-state index in [-0.39, 0.29) is 5.82 Å². The third kappa shape index (κ3) is 5.23. The van der Waals surface area contributed by atoms with E-state index in [2.05, 4.69) is 35.5 Å². The zero-order valence-corrected chi connectivity index (χ0v) is 13.7. The highest BCUT2D eigenvalue weighted by molar-refractivity contribution is 7.09. The van der Waals surface area contributed by atoms with Crippen molar-refractivity contribution in [3.8, 4) is 0 Å². The fourth-order valence-corrected chi connectivity index (χ4v) is 2.98. The molecule has 0 radical (unpaired) electrons. The van der Waals surface area contributed by atoms with Crippen molar-refractivity contribution in [3.63, 3.8) is 0 Å². The molecular formula is C17H23FN2S. The van der Waals surface area contributed by atoms with E-state index in [1.165, 1.54) is 4.88 Å². The summed E-state index contributed by atoms with van der Waals surface area (Å²) >= 11 is 1.74. The Morgan fingerprint density at radius 2 is 2.05 bits per heavy atom. The number of halogens is 1. The van der Waals surface area contributed by atoms with Gasteiger partial charge in [-0.05, 0) is 30.1 Å². The highest BCUT2D eigenvalue weighted by atomic mass is 32.1. The van der Waals surface area contributed by atoms with Crippen LogP contribution in [0.4, 0.5) is 4.39 Å². The lowest BCUT2D eigenvalue weighted by Crippen LogP contribution is -2.22. The smallest absolute Gasteiger partial charge is 0.127 e. The van der Waals surface area contributed by atoms with E-state index >= 15 is 0 Å². The Kier molecular flexibility index (Phi) is 5.91. The minimum atomic E-state index is -0.124. The lowest BCUT2D eigenvalue weighted by Gasteiger charge is -2.17. The summed E-state index contributed by atoms with van der Waals surface area (Å²) in [6.07, 6.45) is 0. The third-order valence-corrected chi connectivity index (χ3v) is 4.13. The lowest BCUT2D eigenvalue weighted by molar-refractivity contribution is 0.316. The molecule has 0 atom stereocenters. The van der Waals surface area contributed by atoms with Gasteiger partial charge in [0.25, 0.3) is 0 Å². The van der Waals surface area contributed by atoms with Gasteiger partial charge in [0.05, 0.1) is 0 Å². The van der Waals surface area contributed by atoms with Gasteiger partial charge in [0.1, 0.15) is 5.82 Å². The Morgan fingerprint density at radius 1 is 1.24 bits per heavy atom. The van der Waals surface area contributed by atoms with Crippen LogP contribution in [0, 0.1) is 5.82 Å². The zero-order valence-electron chi connectivity index (χ0n) is 12.9. The van der Waals surface area contributed by atoms with Crippen LogP contribution in [0.1, 0.15) is 29.9 Å². The first-order chi connectivity index (χ1) is 10.0. The normalized spacial score (nSPS) is 11.5. The molecule has 1 heterocycles. The van der Waals surface area contributed by atoms with Crippen molar-refractivity contribution >= 4 is 11.3 Å². The molecule has 1 N–H and O–H groups in total. The van der Waals surface area contributed by atoms with Crippen LogP contribution in [0.5, 0.6) is 0 Å². The summed E-state index contributed by atoms with van der Waals surface area (Å²) in [7, 11) is 2.03. The van der Waals surface area contributed by atoms with Gasteiger partial charge in [0, 0.05) is 36.1 Å². The second kappa shape index (κ2) is 7.69. The molecule has 2 rings (SSSR count). The van der Waals surface area contributed by atoms with Crippen molar-refractivity contribution in [1.82, 2.24) is 10.2 Å². The first-order valence-electron chi connectivity index (χ1n) is 7.26. The van der Waals surface area contributed by atoms with Gasteiger partial charge in [0.2, 0.25) is 0 Å². The van der Waals surface area contributed by atoms with E-state index in [0.29, 0.717) is 12.6 Å². The molecule has 2 aromatic rings. The maximum absolute atomic E-state index is 14.0. The van der Waals surface area contributed by atoms with Crippen LogP contribution in [-0.4, -0.2) is 18.0 Å². The Bertz CT molecular complexity index is 552. The van der Waals surface area contributed by atoms with Crippen molar-refractivity contribution in [1.29, 1.82) is 0 Å². The molecule has 0 aliphatic carbocycles. The van der Waals surface area contributed by atoms with Gasteiger partial charge < -0.3 is 5.32 Å². The van der Waals surface area contributed by atoms with Gasteiger partial charge in [0.15, 0.2) is 0 Å². The molecule has 0 unspecified atom stereocenters. The molecule has 0 fully saturated rings. The Balaban J connectivity index is 1.99. The van der Waals surface area contributed by atoms with Crippen molar-refractivity contribution in [2.45, 2.75) is 39.5 Å². The SMILES string of the molecule is CC(C)NCc1ccc(F)c(CN(C)Cc2cccs2)c1. The van der Waals surface area contributed by atoms with Gasteiger partial charge in [-0.2, -0.15) is 0 Å². The third-order valence-electron chi connectivity index (χ3n) is 3.27. The van der Waals surface area contributed by atoms with Crippen LogP contribution in [0.25, 0.3) is 0 Å². The van der Waals surface area contributed by atoms with Gasteiger partial charge in [-0.1, -0.05) is 32.0 Å². The van der Waals surface area contributed by atoms with Gasteiger partial charge in [-0.25, -0.2) is 4.39 Å². The fourth-order valence-electron chi connectivity index (χ4n) is 2.20. The van der Waals surface area contributed by atoms with Gasteiger partial charge in [-0.3, -0.25) is 4.90 Å². The molecule has 0 bridgehead atoms. The summed E-state index contributed by atoms with van der Waals surface area (Å²) in [4.78, 5) is 3.44. The number of hydrogen-bond donors (Lipinski definition) is 1. The number of rotatable bonds is 7. The molecular weight excluding hydrogens is 283 g/mol. The summed E-state index contributed by atoms with van der Waals surface area (Å²) in [6.45, 7) is 6.48. The van der Waals surface area contributed by atoms with Crippen molar-refractivity contribution in [3.05, 3.63) is 57.5 Å². The summed E-state index contributed by atoms with van der Waals surface area (Å²) in [5, 5.41) is 5.44. The molecule has 0 amide bonds. The molecule has 1 aromatic heterocycles. The average molecular weight is 306 g/mol. The Hall–Kier alpha value is -1.23. The van der Waals surface area contributed by atoms with Crippen LogP contribution < -0.4 is 5.32 Å². The first kappa shape index (κ1) is 16.1. The van der Waals surface area contributed by atoms with Crippen molar-refractivity contribution < 1.29 is 4.39 Å². The second-order valence-electron chi connectivity index (χ2n) is 5.71. The highest BCUT2D eigenvalue weighted by Gasteiger charge is 2.08. The minimum absolute atomic E-state index is 0.124. The molecule has 0 saturated carbocycles. The standard InChI is InChI=1S/C17H23FN2S/c1-13(2)19-10-14-6-7-17(18)15(9-14)11-20(3)12-16-5-4-8-21-16/h4-9,13,19H,10-12H2,1-3H3. The van der Waals surface area contributed by atoms with E-state index < -0.39 is 0 Å². The minimum Gasteiger partial charge on any atom is -0.310 e. The monoisotopic (exact) mass is 306 g/mol. The number of nitrogens with zero attached hydrogens (tertiary/aromatic N) is 1. The van der Waals surface area contributed by atoms with E-state index in [4.69, 9.17) is 0 Å². The summed E-state index contributed by atoms with van der Waals surface area (Å²) in [6, 6.07) is 9.99. The number of nitrogens with one attached hydrogen (secondary N) is 1. The first-order valence-corrected chi connectivity index (χ1v) is 8.14. The molecule has 1 aromatic carbocycles. The zero-order chi connectivity index (χ0) is 15.2. The molecule has 2 nitrogen and oxygen atoms in total. The molecule has 0 aliphatic heterocycles. The Morgan fingerprint density at radius 3 is 2.71 bits per heavy atom. The number of benzene rings is 1. The molecule has 4 heteroatoms. The van der Waals surface area contributed by atoms with E-state index in [0.717, 1.165) is 24.2 Å². The fraction of sp³-hybridized carbons (Fsp3) is 0.412. The van der Waals surface area contributed by atoms with E-state index in [1.807, 2.05) is 25.2 Å². The summed E-state index contributed by atoms with van der Waals surface area (Å²) in [5.74, 6) is -0.124. The van der Waals surface area contributed by atoms with Gasteiger partial charge in [-0.15, -0.1) is 11.3 Å². The van der Waals surface area contributed by atoms with Crippen molar-refractivity contribution in [2.75, 3.05) is 7.05 Å². The molecule has 0 saturated heterocycles. The number of hydrogen-bond acceptors (Lipinski definition) is 3. The molecule has 0 spiro atoms.